The average molecular weight is 195 g/mol. The molecule has 3 unspecified atom stereocenters. The Hall–Kier alpha value is -0.0400. The van der Waals surface area contributed by atoms with E-state index in [1.165, 1.54) is 38.6 Å². The highest BCUT2D eigenvalue weighted by atomic mass is 14.9. The summed E-state index contributed by atoms with van der Waals surface area (Å²) in [7, 11) is 0. The standard InChI is InChI=1S/C13H25N/c1-13(2,3)12-8-10-6-4-5-7-11(10)9-14-12/h10-12,14H,4-9H2,1-3H3. The topological polar surface area (TPSA) is 12.0 Å². The van der Waals surface area contributed by atoms with Crippen molar-refractivity contribution in [3.63, 3.8) is 0 Å². The van der Waals surface area contributed by atoms with Gasteiger partial charge in [0.25, 0.3) is 0 Å². The first-order valence-electron chi connectivity index (χ1n) is 6.31. The summed E-state index contributed by atoms with van der Waals surface area (Å²) in [6.07, 6.45) is 7.36. The number of hydrogen-bond donors (Lipinski definition) is 1. The molecule has 2 rings (SSSR count). The molecule has 0 aromatic heterocycles. The fourth-order valence-electron chi connectivity index (χ4n) is 3.20. The van der Waals surface area contributed by atoms with Crippen molar-refractivity contribution in [2.24, 2.45) is 17.3 Å². The summed E-state index contributed by atoms with van der Waals surface area (Å²) in [4.78, 5) is 0. The lowest BCUT2D eigenvalue weighted by molar-refractivity contribution is 0.105. The van der Waals surface area contributed by atoms with E-state index < -0.39 is 0 Å². The maximum Gasteiger partial charge on any atom is 0.0118 e. The fraction of sp³-hybridized carbons (Fsp3) is 1.00. The van der Waals surface area contributed by atoms with Gasteiger partial charge in [-0.05, 0) is 36.6 Å². The van der Waals surface area contributed by atoms with Crippen LogP contribution in [-0.2, 0) is 0 Å². The normalized spacial score (nSPS) is 39.2. The molecule has 0 aromatic rings. The lowest BCUT2D eigenvalue weighted by Gasteiger charge is -2.44. The van der Waals surface area contributed by atoms with E-state index in [4.69, 9.17) is 0 Å². The average Bonchev–Trinajstić information content (AvgIpc) is 2.16. The molecule has 82 valence electrons. The number of fused-ring (bicyclic) bond motifs is 1. The Kier molecular flexibility index (Phi) is 2.88. The van der Waals surface area contributed by atoms with Crippen LogP contribution in [0.1, 0.15) is 52.9 Å². The molecule has 0 spiro atoms. The van der Waals surface area contributed by atoms with Crippen LogP contribution in [0.5, 0.6) is 0 Å². The molecule has 1 N–H and O–H groups in total. The smallest absolute Gasteiger partial charge is 0.0118 e. The fourth-order valence-corrected chi connectivity index (χ4v) is 3.20. The molecule has 1 heterocycles. The van der Waals surface area contributed by atoms with Crippen molar-refractivity contribution in [2.45, 2.75) is 58.9 Å². The summed E-state index contributed by atoms with van der Waals surface area (Å²) in [5.74, 6) is 2.04. The van der Waals surface area contributed by atoms with Gasteiger partial charge in [0.15, 0.2) is 0 Å². The molecule has 0 bridgehead atoms. The molecular formula is C13H25N. The number of nitrogens with one attached hydrogen (secondary N) is 1. The Balaban J connectivity index is 1.96. The molecule has 14 heavy (non-hydrogen) atoms. The van der Waals surface area contributed by atoms with Crippen molar-refractivity contribution in [2.75, 3.05) is 6.54 Å². The minimum Gasteiger partial charge on any atom is -0.313 e. The zero-order valence-electron chi connectivity index (χ0n) is 9.97. The van der Waals surface area contributed by atoms with Crippen LogP contribution in [0, 0.1) is 17.3 Å². The Bertz CT molecular complexity index is 192. The summed E-state index contributed by atoms with van der Waals surface area (Å²) < 4.78 is 0. The van der Waals surface area contributed by atoms with E-state index in [0.717, 1.165) is 17.9 Å². The van der Waals surface area contributed by atoms with E-state index in [9.17, 15) is 0 Å². The van der Waals surface area contributed by atoms with Crippen molar-refractivity contribution in [1.29, 1.82) is 0 Å². The van der Waals surface area contributed by atoms with E-state index in [0.29, 0.717) is 5.41 Å². The van der Waals surface area contributed by atoms with Crippen molar-refractivity contribution < 1.29 is 0 Å². The van der Waals surface area contributed by atoms with Crippen LogP contribution in [0.3, 0.4) is 0 Å². The van der Waals surface area contributed by atoms with E-state index in [1.807, 2.05) is 0 Å². The van der Waals surface area contributed by atoms with Crippen LogP contribution in [0.25, 0.3) is 0 Å². The monoisotopic (exact) mass is 195 g/mol. The van der Waals surface area contributed by atoms with Crippen LogP contribution >= 0.6 is 0 Å². The SMILES string of the molecule is CC(C)(C)C1CC2CCCCC2CN1. The highest BCUT2D eigenvalue weighted by molar-refractivity contribution is 4.91. The Labute approximate surface area is 88.7 Å². The van der Waals surface area contributed by atoms with Crippen LogP contribution in [-0.4, -0.2) is 12.6 Å². The third kappa shape index (κ3) is 2.13. The zero-order valence-corrected chi connectivity index (χ0v) is 9.97. The molecule has 1 saturated heterocycles. The third-order valence-electron chi connectivity index (χ3n) is 4.28. The van der Waals surface area contributed by atoms with E-state index >= 15 is 0 Å². The second-order valence-electron chi connectivity index (χ2n) is 6.37. The first-order chi connectivity index (χ1) is 6.57. The van der Waals surface area contributed by atoms with Gasteiger partial charge in [0, 0.05) is 6.04 Å². The molecule has 0 radical (unpaired) electrons. The molecule has 1 heteroatoms. The summed E-state index contributed by atoms with van der Waals surface area (Å²) in [6.45, 7) is 8.39. The highest BCUT2D eigenvalue weighted by Gasteiger charge is 2.36. The lowest BCUT2D eigenvalue weighted by atomic mass is 9.69. The molecule has 0 aromatic carbocycles. The Morgan fingerprint density at radius 2 is 1.64 bits per heavy atom. The second-order valence-corrected chi connectivity index (χ2v) is 6.37. The van der Waals surface area contributed by atoms with E-state index in [2.05, 4.69) is 26.1 Å². The largest absolute Gasteiger partial charge is 0.313 e. The van der Waals surface area contributed by atoms with Crippen molar-refractivity contribution in [1.82, 2.24) is 5.32 Å². The quantitative estimate of drug-likeness (QED) is 0.626. The minimum absolute atomic E-state index is 0.447. The van der Waals surface area contributed by atoms with Gasteiger partial charge in [-0.1, -0.05) is 40.0 Å². The zero-order chi connectivity index (χ0) is 10.2. The van der Waals surface area contributed by atoms with Gasteiger partial charge < -0.3 is 5.32 Å². The molecule has 1 aliphatic carbocycles. The van der Waals surface area contributed by atoms with Gasteiger partial charge in [0.1, 0.15) is 0 Å². The first kappa shape index (κ1) is 10.5. The van der Waals surface area contributed by atoms with Crippen molar-refractivity contribution >= 4 is 0 Å². The molecule has 1 nitrogen and oxygen atoms in total. The molecule has 2 aliphatic rings. The Morgan fingerprint density at radius 1 is 1.00 bits per heavy atom. The predicted molar refractivity (Wildman–Crippen MR) is 61.3 cm³/mol. The van der Waals surface area contributed by atoms with Gasteiger partial charge in [-0.25, -0.2) is 0 Å². The number of rotatable bonds is 0. The lowest BCUT2D eigenvalue weighted by Crippen LogP contribution is -2.50. The van der Waals surface area contributed by atoms with Gasteiger partial charge in [0.2, 0.25) is 0 Å². The Morgan fingerprint density at radius 3 is 2.29 bits per heavy atom. The second kappa shape index (κ2) is 3.84. The van der Waals surface area contributed by atoms with E-state index in [1.54, 1.807) is 0 Å². The summed E-state index contributed by atoms with van der Waals surface area (Å²) in [5.41, 5.74) is 0.447. The van der Waals surface area contributed by atoms with Gasteiger partial charge in [-0.3, -0.25) is 0 Å². The maximum atomic E-state index is 3.76. The summed E-state index contributed by atoms with van der Waals surface area (Å²) in [5, 5.41) is 3.76. The van der Waals surface area contributed by atoms with Crippen molar-refractivity contribution in [3.8, 4) is 0 Å². The van der Waals surface area contributed by atoms with Gasteiger partial charge >= 0.3 is 0 Å². The summed E-state index contributed by atoms with van der Waals surface area (Å²) >= 11 is 0. The molecule has 1 aliphatic heterocycles. The van der Waals surface area contributed by atoms with Gasteiger partial charge in [0.05, 0.1) is 0 Å². The van der Waals surface area contributed by atoms with Gasteiger partial charge in [-0.15, -0.1) is 0 Å². The molecule has 3 atom stereocenters. The molecule has 0 amide bonds. The number of piperidine rings is 1. The number of hydrogen-bond acceptors (Lipinski definition) is 1. The van der Waals surface area contributed by atoms with Crippen LogP contribution in [0.15, 0.2) is 0 Å². The maximum absolute atomic E-state index is 3.76. The third-order valence-corrected chi connectivity index (χ3v) is 4.28. The minimum atomic E-state index is 0.447. The first-order valence-corrected chi connectivity index (χ1v) is 6.31. The van der Waals surface area contributed by atoms with Gasteiger partial charge in [-0.2, -0.15) is 0 Å². The van der Waals surface area contributed by atoms with Crippen LogP contribution in [0.2, 0.25) is 0 Å². The van der Waals surface area contributed by atoms with Crippen LogP contribution in [0.4, 0.5) is 0 Å². The highest BCUT2D eigenvalue weighted by Crippen LogP contribution is 2.39. The van der Waals surface area contributed by atoms with E-state index in [-0.39, 0.29) is 0 Å². The molecule has 1 saturated carbocycles. The van der Waals surface area contributed by atoms with Crippen molar-refractivity contribution in [3.05, 3.63) is 0 Å². The molecule has 2 fully saturated rings. The molecular weight excluding hydrogens is 170 g/mol. The van der Waals surface area contributed by atoms with Crippen LogP contribution < -0.4 is 5.32 Å². The predicted octanol–water partition coefficient (Wildman–Crippen LogP) is 3.20. The summed E-state index contributed by atoms with van der Waals surface area (Å²) in [6, 6.07) is 0.752.